The zero-order chi connectivity index (χ0) is 19.6. The number of hydrogen-bond donors (Lipinski definition) is 4. The number of halogens is 1. The molecule has 0 spiro atoms. The fourth-order valence-electron chi connectivity index (χ4n) is 2.24. The predicted octanol–water partition coefficient (Wildman–Crippen LogP) is 2.34. The Hall–Kier alpha value is -3.10. The summed E-state index contributed by atoms with van der Waals surface area (Å²) in [6.45, 7) is 0.0198. The largest absolute Gasteiger partial charge is 0.445 e. The molecule has 0 bridgehead atoms. The maximum absolute atomic E-state index is 12.0. The van der Waals surface area contributed by atoms with E-state index >= 15 is 0 Å². The Morgan fingerprint density at radius 1 is 1.07 bits per heavy atom. The van der Waals surface area contributed by atoms with Crippen LogP contribution in [-0.2, 0) is 20.9 Å². The zero-order valence-corrected chi connectivity index (χ0v) is 14.9. The van der Waals surface area contributed by atoms with Gasteiger partial charge in [-0.25, -0.2) is 10.3 Å². The minimum Gasteiger partial charge on any atom is -0.445 e. The molecule has 0 saturated carbocycles. The Balaban J connectivity index is 2.08. The lowest BCUT2D eigenvalue weighted by molar-refractivity contribution is -0.131. The van der Waals surface area contributed by atoms with Crippen LogP contribution in [0.3, 0.4) is 0 Å². The van der Waals surface area contributed by atoms with Crippen LogP contribution in [0.4, 0.5) is 10.5 Å². The van der Waals surface area contributed by atoms with E-state index in [1.165, 1.54) is 11.5 Å². The van der Waals surface area contributed by atoms with Crippen molar-refractivity contribution in [2.45, 2.75) is 12.6 Å². The first-order valence-electron chi connectivity index (χ1n) is 7.90. The Bertz CT molecular complexity index is 801. The number of rotatable bonds is 7. The molecule has 0 unspecified atom stereocenters. The van der Waals surface area contributed by atoms with Gasteiger partial charge in [-0.3, -0.25) is 14.8 Å². The summed E-state index contributed by atoms with van der Waals surface area (Å²) in [5.74, 6) is -1.52. The number of alkyl carbamates (subject to hydrolysis) is 1. The summed E-state index contributed by atoms with van der Waals surface area (Å²) in [5, 5.41) is 13.9. The molecule has 27 heavy (non-hydrogen) atoms. The van der Waals surface area contributed by atoms with E-state index in [0.29, 0.717) is 11.3 Å². The van der Waals surface area contributed by atoms with Crippen molar-refractivity contribution in [2.75, 3.05) is 11.2 Å². The molecule has 4 N–H and O–H groups in total. The quantitative estimate of drug-likeness (QED) is 0.328. The first kappa shape index (κ1) is 20.2. The normalized spacial score (nSPS) is 11.2. The van der Waals surface area contributed by atoms with Crippen LogP contribution in [0.2, 0.25) is 0 Å². The molecule has 9 heteroatoms. The van der Waals surface area contributed by atoms with E-state index in [2.05, 4.69) is 10.6 Å². The molecule has 8 nitrogen and oxygen atoms in total. The molecule has 2 aromatic carbocycles. The van der Waals surface area contributed by atoms with E-state index in [1.807, 2.05) is 6.07 Å². The third kappa shape index (κ3) is 6.28. The summed E-state index contributed by atoms with van der Waals surface area (Å²) >= 11 is 5.45. The third-order valence-corrected chi connectivity index (χ3v) is 3.72. The highest BCUT2D eigenvalue weighted by Gasteiger charge is 2.23. The van der Waals surface area contributed by atoms with Gasteiger partial charge in [-0.2, -0.15) is 0 Å². The minimum absolute atomic E-state index is 0.0198. The van der Waals surface area contributed by atoms with Gasteiger partial charge in [0.1, 0.15) is 18.5 Å². The third-order valence-electron chi connectivity index (χ3n) is 3.47. The van der Waals surface area contributed by atoms with E-state index in [0.717, 1.165) is 5.56 Å². The van der Waals surface area contributed by atoms with Gasteiger partial charge in [-0.1, -0.05) is 42.5 Å². The summed E-state index contributed by atoms with van der Waals surface area (Å²) in [6, 6.07) is 14.0. The molecule has 142 valence electrons. The van der Waals surface area contributed by atoms with Crippen LogP contribution in [0, 0.1) is 0 Å². The molecule has 0 radical (unpaired) electrons. The fraction of sp³-hybridized carbons (Fsp3) is 0.167. The van der Waals surface area contributed by atoms with Crippen molar-refractivity contribution in [2.24, 2.45) is 0 Å². The number of benzene rings is 2. The van der Waals surface area contributed by atoms with Crippen molar-refractivity contribution in [1.82, 2.24) is 10.8 Å². The zero-order valence-electron chi connectivity index (χ0n) is 14.1. The summed E-state index contributed by atoms with van der Waals surface area (Å²) in [7, 11) is 0. The second-order valence-electron chi connectivity index (χ2n) is 5.42. The maximum atomic E-state index is 12.0. The number of carbonyl (C=O) groups excluding carboxylic acids is 3. The summed E-state index contributed by atoms with van der Waals surface area (Å²) in [5.41, 5.74) is 2.98. The monoisotopic (exact) mass is 391 g/mol. The maximum Gasteiger partial charge on any atom is 0.408 e. The van der Waals surface area contributed by atoms with E-state index in [-0.39, 0.29) is 12.5 Å². The predicted molar refractivity (Wildman–Crippen MR) is 98.2 cm³/mol. The molecule has 0 aliphatic heterocycles. The molecule has 2 aromatic rings. The van der Waals surface area contributed by atoms with Gasteiger partial charge in [0.2, 0.25) is 5.91 Å². The topological polar surface area (TPSA) is 117 Å². The number of carbonyl (C=O) groups is 3. The first-order chi connectivity index (χ1) is 13.0. The molecular weight excluding hydrogens is 374 g/mol. The number of alkyl halides is 1. The van der Waals surface area contributed by atoms with E-state index in [4.69, 9.17) is 21.5 Å². The fourth-order valence-corrected chi connectivity index (χ4v) is 2.30. The van der Waals surface area contributed by atoms with Crippen LogP contribution in [0.5, 0.6) is 0 Å². The average molecular weight is 392 g/mol. The van der Waals surface area contributed by atoms with E-state index in [9.17, 15) is 14.4 Å². The number of nitrogens with one attached hydrogen (secondary N) is 3. The molecule has 0 saturated heterocycles. The van der Waals surface area contributed by atoms with E-state index < -0.39 is 23.9 Å². The van der Waals surface area contributed by atoms with Crippen LogP contribution in [-0.4, -0.2) is 29.0 Å². The minimum atomic E-state index is -1.23. The lowest BCUT2D eigenvalue weighted by Crippen LogP contribution is -2.39. The number of anilines is 1. The van der Waals surface area contributed by atoms with Crippen molar-refractivity contribution < 1.29 is 24.3 Å². The molecule has 0 aromatic heterocycles. The summed E-state index contributed by atoms with van der Waals surface area (Å²) in [4.78, 5) is 35.4. The molecule has 0 fully saturated rings. The van der Waals surface area contributed by atoms with E-state index in [1.54, 1.807) is 42.5 Å². The summed E-state index contributed by atoms with van der Waals surface area (Å²) in [6.07, 6.45) is -0.845. The SMILES string of the molecule is O=C(CCl)Nc1cccc([C@H](NC(=O)OCc2ccccc2)C(=O)NO)c1. The lowest BCUT2D eigenvalue weighted by Gasteiger charge is -2.18. The van der Waals surface area contributed by atoms with Gasteiger partial charge in [0.15, 0.2) is 0 Å². The molecule has 0 aliphatic carbocycles. The number of ether oxygens (including phenoxy) is 1. The Kier molecular flexibility index (Phi) is 7.60. The Morgan fingerprint density at radius 2 is 1.81 bits per heavy atom. The summed E-state index contributed by atoms with van der Waals surface area (Å²) < 4.78 is 5.09. The van der Waals surface area contributed by atoms with Crippen LogP contribution in [0.15, 0.2) is 54.6 Å². The van der Waals surface area contributed by atoms with Crippen molar-refractivity contribution >= 4 is 35.2 Å². The number of hydrogen-bond acceptors (Lipinski definition) is 5. The molecule has 1 atom stereocenters. The standard InChI is InChI=1S/C18H18ClN3O5/c19-10-15(23)20-14-8-4-7-13(9-14)16(17(24)22-26)21-18(25)27-11-12-5-2-1-3-6-12/h1-9,16,26H,10-11H2,(H,20,23)(H,21,25)(H,22,24)/t16-/m0/s1. The Morgan fingerprint density at radius 3 is 2.48 bits per heavy atom. The van der Waals surface area contributed by atoms with Gasteiger partial charge in [-0.15, -0.1) is 11.6 Å². The molecule has 0 aliphatic rings. The molecular formula is C18H18ClN3O5. The number of hydroxylamine groups is 1. The van der Waals surface area contributed by atoms with Gasteiger partial charge in [0.05, 0.1) is 0 Å². The highest BCUT2D eigenvalue weighted by Crippen LogP contribution is 2.18. The lowest BCUT2D eigenvalue weighted by atomic mass is 10.1. The smallest absolute Gasteiger partial charge is 0.408 e. The molecule has 0 heterocycles. The highest BCUT2D eigenvalue weighted by molar-refractivity contribution is 6.29. The van der Waals surface area contributed by atoms with Crippen molar-refractivity contribution in [3.05, 3.63) is 65.7 Å². The van der Waals surface area contributed by atoms with Crippen LogP contribution in [0.25, 0.3) is 0 Å². The average Bonchev–Trinajstić information content (AvgIpc) is 2.70. The van der Waals surface area contributed by atoms with Gasteiger partial charge < -0.3 is 15.4 Å². The Labute approximate surface area is 160 Å². The number of amides is 3. The van der Waals surface area contributed by atoms with Crippen LogP contribution >= 0.6 is 11.6 Å². The highest BCUT2D eigenvalue weighted by atomic mass is 35.5. The van der Waals surface area contributed by atoms with Gasteiger partial charge >= 0.3 is 6.09 Å². The second-order valence-corrected chi connectivity index (χ2v) is 5.69. The van der Waals surface area contributed by atoms with Gasteiger partial charge in [0.25, 0.3) is 5.91 Å². The van der Waals surface area contributed by atoms with Crippen molar-refractivity contribution in [3.63, 3.8) is 0 Å². The van der Waals surface area contributed by atoms with Crippen molar-refractivity contribution in [3.8, 4) is 0 Å². The van der Waals surface area contributed by atoms with Crippen LogP contribution < -0.4 is 16.1 Å². The first-order valence-corrected chi connectivity index (χ1v) is 8.44. The second kappa shape index (κ2) is 10.1. The van der Waals surface area contributed by atoms with Gasteiger partial charge in [-0.05, 0) is 23.3 Å². The van der Waals surface area contributed by atoms with Crippen molar-refractivity contribution in [1.29, 1.82) is 0 Å². The molecule has 3 amide bonds. The van der Waals surface area contributed by atoms with Gasteiger partial charge in [0, 0.05) is 5.69 Å². The molecule has 2 rings (SSSR count). The van der Waals surface area contributed by atoms with Crippen LogP contribution in [0.1, 0.15) is 17.2 Å².